The van der Waals surface area contributed by atoms with Gasteiger partial charge in [-0.1, -0.05) is 4.47 Å². The molecule has 0 bridgehead atoms. The molecule has 0 heterocycles. The predicted molar refractivity (Wildman–Crippen MR) is 69.2 cm³/mol. The van der Waals surface area contributed by atoms with Crippen LogP contribution < -0.4 is 9.47 Å². The van der Waals surface area contributed by atoms with Crippen molar-refractivity contribution in [2.75, 3.05) is 28.4 Å². The van der Waals surface area contributed by atoms with E-state index < -0.39 is 10.0 Å². The standard InChI is InChI=1S/C10H14BrNO5S/c1-12(17-4)18(13,14)10-6-9(16-3)8(15-2)5-7(10)11/h5-6H,1-4H3. The van der Waals surface area contributed by atoms with E-state index in [1.165, 1.54) is 40.5 Å². The maximum atomic E-state index is 12.1. The van der Waals surface area contributed by atoms with Crippen molar-refractivity contribution in [3.05, 3.63) is 16.6 Å². The molecule has 0 atom stereocenters. The van der Waals surface area contributed by atoms with E-state index >= 15 is 0 Å². The van der Waals surface area contributed by atoms with Crippen molar-refractivity contribution < 1.29 is 22.7 Å². The molecule has 0 N–H and O–H groups in total. The predicted octanol–water partition coefficient (Wildman–Crippen LogP) is 1.65. The van der Waals surface area contributed by atoms with Crippen molar-refractivity contribution in [3.8, 4) is 11.5 Å². The average Bonchev–Trinajstić information content (AvgIpc) is 2.36. The molecule has 102 valence electrons. The summed E-state index contributed by atoms with van der Waals surface area (Å²) in [5.74, 6) is 0.757. The van der Waals surface area contributed by atoms with Crippen LogP contribution in [0.15, 0.2) is 21.5 Å². The molecule has 0 amide bonds. The lowest BCUT2D eigenvalue weighted by molar-refractivity contribution is -0.0259. The molecule has 0 saturated heterocycles. The first-order valence-electron chi connectivity index (χ1n) is 4.83. The molecule has 0 aliphatic heterocycles. The molecule has 0 fully saturated rings. The summed E-state index contributed by atoms with van der Waals surface area (Å²) in [4.78, 5) is 4.74. The first kappa shape index (κ1) is 15.2. The Bertz CT molecular complexity index is 531. The van der Waals surface area contributed by atoms with Crippen LogP contribution in [0.4, 0.5) is 0 Å². The summed E-state index contributed by atoms with van der Waals surface area (Å²) in [7, 11) is 1.73. The molecule has 0 aromatic heterocycles. The molecule has 1 aromatic rings. The van der Waals surface area contributed by atoms with Gasteiger partial charge in [0.1, 0.15) is 4.90 Å². The van der Waals surface area contributed by atoms with Crippen molar-refractivity contribution in [2.45, 2.75) is 4.90 Å². The number of methoxy groups -OCH3 is 2. The van der Waals surface area contributed by atoms with E-state index in [-0.39, 0.29) is 4.90 Å². The molecule has 0 aliphatic carbocycles. The van der Waals surface area contributed by atoms with Gasteiger partial charge in [0.15, 0.2) is 11.5 Å². The monoisotopic (exact) mass is 339 g/mol. The highest BCUT2D eigenvalue weighted by Gasteiger charge is 2.25. The first-order chi connectivity index (χ1) is 8.38. The van der Waals surface area contributed by atoms with Crippen LogP contribution in [-0.2, 0) is 14.9 Å². The van der Waals surface area contributed by atoms with E-state index in [9.17, 15) is 8.42 Å². The lowest BCUT2D eigenvalue weighted by Crippen LogP contribution is -2.26. The molecule has 0 aliphatic rings. The van der Waals surface area contributed by atoms with Gasteiger partial charge in [0.2, 0.25) is 0 Å². The molecular formula is C10H14BrNO5S. The molecule has 18 heavy (non-hydrogen) atoms. The largest absolute Gasteiger partial charge is 0.493 e. The van der Waals surface area contributed by atoms with Gasteiger partial charge >= 0.3 is 0 Å². The van der Waals surface area contributed by atoms with E-state index in [2.05, 4.69) is 15.9 Å². The Labute approximate surface area is 115 Å². The fraction of sp³-hybridized carbons (Fsp3) is 0.400. The Balaban J connectivity index is 3.43. The van der Waals surface area contributed by atoms with Gasteiger partial charge in [0, 0.05) is 17.6 Å². The zero-order valence-electron chi connectivity index (χ0n) is 10.4. The summed E-state index contributed by atoms with van der Waals surface area (Å²) in [6.45, 7) is 0. The Morgan fingerprint density at radius 2 is 1.61 bits per heavy atom. The Morgan fingerprint density at radius 3 is 2.06 bits per heavy atom. The van der Waals surface area contributed by atoms with Gasteiger partial charge in [-0.25, -0.2) is 8.42 Å². The summed E-state index contributed by atoms with van der Waals surface area (Å²) in [6.07, 6.45) is 0. The van der Waals surface area contributed by atoms with Crippen molar-refractivity contribution in [2.24, 2.45) is 0 Å². The minimum Gasteiger partial charge on any atom is -0.493 e. The number of rotatable bonds is 5. The van der Waals surface area contributed by atoms with Crippen molar-refractivity contribution in [1.29, 1.82) is 0 Å². The third kappa shape index (κ3) is 2.77. The third-order valence-corrected chi connectivity index (χ3v) is 4.95. The molecular weight excluding hydrogens is 326 g/mol. The van der Waals surface area contributed by atoms with Crippen molar-refractivity contribution in [1.82, 2.24) is 4.47 Å². The summed E-state index contributed by atoms with van der Waals surface area (Å²) >= 11 is 3.19. The van der Waals surface area contributed by atoms with Crippen LogP contribution >= 0.6 is 15.9 Å². The van der Waals surface area contributed by atoms with Crippen LogP contribution in [-0.4, -0.2) is 41.3 Å². The fourth-order valence-electron chi connectivity index (χ4n) is 1.27. The van der Waals surface area contributed by atoms with Crippen LogP contribution in [0.3, 0.4) is 0 Å². The number of hydrogen-bond donors (Lipinski definition) is 0. The lowest BCUT2D eigenvalue weighted by Gasteiger charge is -2.17. The Hall–Kier alpha value is -0.830. The lowest BCUT2D eigenvalue weighted by atomic mass is 10.3. The summed E-state index contributed by atoms with van der Waals surface area (Å²) in [6, 6.07) is 2.89. The zero-order chi connectivity index (χ0) is 13.9. The van der Waals surface area contributed by atoms with E-state index in [0.717, 1.165) is 4.47 Å². The summed E-state index contributed by atoms with van der Waals surface area (Å²) in [5.41, 5.74) is 0. The minimum absolute atomic E-state index is 0.0319. The summed E-state index contributed by atoms with van der Waals surface area (Å²) < 4.78 is 35.5. The van der Waals surface area contributed by atoms with Crippen LogP contribution in [0.5, 0.6) is 11.5 Å². The second-order valence-corrected chi connectivity index (χ2v) is 5.99. The fourth-order valence-corrected chi connectivity index (χ4v) is 3.24. The van der Waals surface area contributed by atoms with E-state index in [4.69, 9.17) is 14.3 Å². The highest BCUT2D eigenvalue weighted by molar-refractivity contribution is 9.10. The van der Waals surface area contributed by atoms with Crippen LogP contribution in [0.25, 0.3) is 0 Å². The van der Waals surface area contributed by atoms with Gasteiger partial charge in [0.25, 0.3) is 10.0 Å². The molecule has 6 nitrogen and oxygen atoms in total. The minimum atomic E-state index is -3.75. The number of nitrogens with zero attached hydrogens (tertiary/aromatic N) is 1. The van der Waals surface area contributed by atoms with Gasteiger partial charge in [-0.3, -0.25) is 4.84 Å². The maximum Gasteiger partial charge on any atom is 0.265 e. The number of halogens is 1. The molecule has 8 heteroatoms. The molecule has 1 rings (SSSR count). The second-order valence-electron chi connectivity index (χ2n) is 3.23. The first-order valence-corrected chi connectivity index (χ1v) is 7.06. The van der Waals surface area contributed by atoms with E-state index in [0.29, 0.717) is 16.0 Å². The summed E-state index contributed by atoms with van der Waals surface area (Å²) in [5, 5.41) is 0. The zero-order valence-corrected chi connectivity index (χ0v) is 12.8. The van der Waals surface area contributed by atoms with Gasteiger partial charge in [-0.05, 0) is 22.0 Å². The Kier molecular flexibility index (Phi) is 4.97. The molecule has 0 saturated carbocycles. The van der Waals surface area contributed by atoms with E-state index in [1.807, 2.05) is 0 Å². The van der Waals surface area contributed by atoms with Crippen LogP contribution in [0.2, 0.25) is 0 Å². The molecule has 0 unspecified atom stereocenters. The molecule has 0 radical (unpaired) electrons. The maximum absolute atomic E-state index is 12.1. The van der Waals surface area contributed by atoms with Crippen molar-refractivity contribution in [3.63, 3.8) is 0 Å². The van der Waals surface area contributed by atoms with Gasteiger partial charge in [0.05, 0.1) is 21.3 Å². The Morgan fingerprint density at radius 1 is 1.11 bits per heavy atom. The van der Waals surface area contributed by atoms with Gasteiger partial charge < -0.3 is 9.47 Å². The number of hydrogen-bond acceptors (Lipinski definition) is 5. The quantitative estimate of drug-likeness (QED) is 0.763. The molecule has 1 aromatic carbocycles. The highest BCUT2D eigenvalue weighted by atomic mass is 79.9. The van der Waals surface area contributed by atoms with Crippen LogP contribution in [0.1, 0.15) is 0 Å². The van der Waals surface area contributed by atoms with Gasteiger partial charge in [-0.2, -0.15) is 0 Å². The van der Waals surface area contributed by atoms with Crippen LogP contribution in [0, 0.1) is 0 Å². The number of benzene rings is 1. The number of sulfonamides is 1. The SMILES string of the molecule is COc1cc(Br)c(S(=O)(=O)N(C)OC)cc1OC. The number of hydroxylamine groups is 1. The second kappa shape index (κ2) is 5.87. The average molecular weight is 340 g/mol. The number of ether oxygens (including phenoxy) is 2. The van der Waals surface area contributed by atoms with Crippen molar-refractivity contribution >= 4 is 26.0 Å². The smallest absolute Gasteiger partial charge is 0.265 e. The highest BCUT2D eigenvalue weighted by Crippen LogP contribution is 2.36. The normalized spacial score (nSPS) is 11.7. The van der Waals surface area contributed by atoms with E-state index in [1.54, 1.807) is 0 Å². The van der Waals surface area contributed by atoms with Gasteiger partial charge in [-0.15, -0.1) is 0 Å². The molecule has 0 spiro atoms. The topological polar surface area (TPSA) is 65.1 Å². The third-order valence-electron chi connectivity index (χ3n) is 2.31.